The minimum Gasteiger partial charge on any atom is -0.355 e. The van der Waals surface area contributed by atoms with Gasteiger partial charge in [0.25, 0.3) is 0 Å². The molecule has 1 heterocycles. The molecule has 3 nitrogen and oxygen atoms in total. The first-order valence-electron chi connectivity index (χ1n) is 5.51. The van der Waals surface area contributed by atoms with E-state index < -0.39 is 0 Å². The highest BCUT2D eigenvalue weighted by Crippen LogP contribution is 2.18. The Balaban J connectivity index is 2.19. The third-order valence-electron chi connectivity index (χ3n) is 2.49. The van der Waals surface area contributed by atoms with Gasteiger partial charge in [0, 0.05) is 24.1 Å². The van der Waals surface area contributed by atoms with E-state index in [0.29, 0.717) is 0 Å². The second-order valence-electron chi connectivity index (χ2n) is 4.08. The van der Waals surface area contributed by atoms with E-state index in [1.807, 2.05) is 32.2 Å². The molecule has 1 aromatic heterocycles. The quantitative estimate of drug-likeness (QED) is 0.766. The van der Waals surface area contributed by atoms with Gasteiger partial charge in [-0.25, -0.2) is 9.97 Å². The van der Waals surface area contributed by atoms with Crippen molar-refractivity contribution in [1.29, 1.82) is 0 Å². The molecule has 0 saturated heterocycles. The van der Waals surface area contributed by atoms with Crippen molar-refractivity contribution in [2.75, 3.05) is 11.9 Å². The number of nitrogens with zero attached hydrogens (tertiary/aromatic N) is 3. The molecule has 0 aliphatic rings. The molecule has 94 valence electrons. The molecule has 0 N–H and O–H groups in total. The lowest BCUT2D eigenvalue weighted by molar-refractivity contribution is 0.875. The number of aromatic nitrogens is 2. The Hall–Kier alpha value is -0.940. The van der Waals surface area contributed by atoms with Crippen LogP contribution in [0.5, 0.6) is 0 Å². The number of rotatable bonds is 3. The molecule has 2 rings (SSSR count). The summed E-state index contributed by atoms with van der Waals surface area (Å²) in [5.74, 6) is 1.68. The summed E-state index contributed by atoms with van der Waals surface area (Å²) in [6.45, 7) is 2.70. The van der Waals surface area contributed by atoms with Crippen LogP contribution in [0, 0.1) is 6.92 Å². The maximum atomic E-state index is 4.43. The van der Waals surface area contributed by atoms with Crippen LogP contribution in [0.25, 0.3) is 0 Å². The molecule has 1 aromatic carbocycles. The second kappa shape index (κ2) is 5.80. The number of anilines is 1. The fourth-order valence-corrected chi connectivity index (χ4v) is 2.61. The lowest BCUT2D eigenvalue weighted by atomic mass is 10.2. The van der Waals surface area contributed by atoms with Gasteiger partial charge in [-0.05, 0) is 40.5 Å². The van der Waals surface area contributed by atoms with Crippen LogP contribution < -0.4 is 4.90 Å². The Bertz CT molecular complexity index is 537. The van der Waals surface area contributed by atoms with E-state index in [-0.39, 0.29) is 0 Å². The highest BCUT2D eigenvalue weighted by Gasteiger charge is 2.06. The Morgan fingerprint density at radius 1 is 1.17 bits per heavy atom. The molecule has 0 saturated carbocycles. The lowest BCUT2D eigenvalue weighted by Gasteiger charge is -2.18. The zero-order chi connectivity index (χ0) is 13.1. The molecule has 0 atom stereocenters. The Kier molecular flexibility index (Phi) is 4.35. The Morgan fingerprint density at radius 3 is 2.61 bits per heavy atom. The predicted molar refractivity (Wildman–Crippen MR) is 80.7 cm³/mol. The maximum Gasteiger partial charge on any atom is 0.133 e. The van der Waals surface area contributed by atoms with Crippen LogP contribution in [0.3, 0.4) is 0 Å². The molecule has 0 amide bonds. The van der Waals surface area contributed by atoms with E-state index in [1.165, 1.54) is 5.56 Å². The van der Waals surface area contributed by atoms with Crippen LogP contribution in [-0.4, -0.2) is 17.0 Å². The molecule has 0 unspecified atom stereocenters. The van der Waals surface area contributed by atoms with Gasteiger partial charge in [-0.15, -0.1) is 0 Å². The van der Waals surface area contributed by atoms with Gasteiger partial charge in [0.2, 0.25) is 0 Å². The van der Waals surface area contributed by atoms with Crippen molar-refractivity contribution < 1.29 is 0 Å². The van der Waals surface area contributed by atoms with Gasteiger partial charge in [-0.2, -0.15) is 0 Å². The summed E-state index contributed by atoms with van der Waals surface area (Å²) in [6, 6.07) is 10.2. The van der Waals surface area contributed by atoms with Crippen LogP contribution in [-0.2, 0) is 6.54 Å². The van der Waals surface area contributed by atoms with E-state index in [1.54, 1.807) is 0 Å². The first-order chi connectivity index (χ1) is 8.54. The third kappa shape index (κ3) is 3.53. The van der Waals surface area contributed by atoms with Crippen molar-refractivity contribution >= 4 is 37.7 Å². The largest absolute Gasteiger partial charge is 0.355 e. The van der Waals surface area contributed by atoms with Crippen LogP contribution in [0.4, 0.5) is 5.82 Å². The van der Waals surface area contributed by atoms with Gasteiger partial charge >= 0.3 is 0 Å². The number of hydrogen-bond donors (Lipinski definition) is 0. The molecule has 0 fully saturated rings. The summed E-state index contributed by atoms with van der Waals surface area (Å²) < 4.78 is 1.90. The lowest BCUT2D eigenvalue weighted by Crippen LogP contribution is -2.18. The van der Waals surface area contributed by atoms with Crippen LogP contribution in [0.1, 0.15) is 11.4 Å². The van der Waals surface area contributed by atoms with Gasteiger partial charge in [0.05, 0.1) is 0 Å². The summed E-state index contributed by atoms with van der Waals surface area (Å²) in [5, 5.41) is 0. The van der Waals surface area contributed by atoms with Crippen LogP contribution in [0.15, 0.2) is 39.4 Å². The summed E-state index contributed by atoms with van der Waals surface area (Å²) in [6.07, 6.45) is 0. The molecule has 2 aromatic rings. The standard InChI is InChI=1S/C13H13Br2N3/c1-9-16-12(15)7-13(17-9)18(2)8-10-4-3-5-11(14)6-10/h3-7H,8H2,1-2H3. The third-order valence-corrected chi connectivity index (χ3v) is 3.39. The number of halogens is 2. The molecular formula is C13H13Br2N3. The average Bonchev–Trinajstić information content (AvgIpc) is 2.27. The minimum atomic E-state index is 0.764. The molecule has 18 heavy (non-hydrogen) atoms. The first kappa shape index (κ1) is 13.5. The Labute approximate surface area is 124 Å². The molecule has 0 radical (unpaired) electrons. The molecule has 0 aliphatic carbocycles. The first-order valence-corrected chi connectivity index (χ1v) is 7.10. The zero-order valence-electron chi connectivity index (χ0n) is 10.2. The van der Waals surface area contributed by atoms with E-state index in [9.17, 15) is 0 Å². The molecule has 0 aliphatic heterocycles. The van der Waals surface area contributed by atoms with Gasteiger partial charge in [-0.3, -0.25) is 0 Å². The van der Waals surface area contributed by atoms with Gasteiger partial charge < -0.3 is 4.90 Å². The van der Waals surface area contributed by atoms with E-state index >= 15 is 0 Å². The fraction of sp³-hybridized carbons (Fsp3) is 0.231. The smallest absolute Gasteiger partial charge is 0.133 e. The van der Waals surface area contributed by atoms with Crippen LogP contribution >= 0.6 is 31.9 Å². The molecular weight excluding hydrogens is 358 g/mol. The molecule has 0 spiro atoms. The topological polar surface area (TPSA) is 29.0 Å². The van der Waals surface area contributed by atoms with E-state index in [0.717, 1.165) is 27.3 Å². The predicted octanol–water partition coefficient (Wildman–Crippen LogP) is 3.95. The summed E-state index contributed by atoms with van der Waals surface area (Å²) in [7, 11) is 2.02. The van der Waals surface area contributed by atoms with Crippen molar-refractivity contribution in [2.24, 2.45) is 0 Å². The molecule has 5 heteroatoms. The van der Waals surface area contributed by atoms with Gasteiger partial charge in [0.15, 0.2) is 0 Å². The van der Waals surface area contributed by atoms with Crippen molar-refractivity contribution in [3.05, 3.63) is 50.8 Å². The van der Waals surface area contributed by atoms with Crippen molar-refractivity contribution in [3.8, 4) is 0 Å². The maximum absolute atomic E-state index is 4.43. The summed E-state index contributed by atoms with van der Waals surface area (Å²) in [5.41, 5.74) is 1.24. The fourth-order valence-electron chi connectivity index (χ4n) is 1.70. The van der Waals surface area contributed by atoms with Crippen molar-refractivity contribution in [3.63, 3.8) is 0 Å². The second-order valence-corrected chi connectivity index (χ2v) is 5.81. The summed E-state index contributed by atoms with van der Waals surface area (Å²) >= 11 is 6.87. The average molecular weight is 371 g/mol. The number of aryl methyl sites for hydroxylation is 1. The Morgan fingerprint density at radius 2 is 1.94 bits per heavy atom. The van der Waals surface area contributed by atoms with Gasteiger partial charge in [-0.1, -0.05) is 28.1 Å². The van der Waals surface area contributed by atoms with Gasteiger partial charge in [0.1, 0.15) is 16.2 Å². The normalized spacial score (nSPS) is 10.4. The van der Waals surface area contributed by atoms with E-state index in [4.69, 9.17) is 0 Å². The summed E-state index contributed by atoms with van der Waals surface area (Å²) in [4.78, 5) is 10.7. The van der Waals surface area contributed by atoms with Crippen molar-refractivity contribution in [1.82, 2.24) is 9.97 Å². The van der Waals surface area contributed by atoms with E-state index in [2.05, 4.69) is 58.9 Å². The zero-order valence-corrected chi connectivity index (χ0v) is 13.4. The highest BCUT2D eigenvalue weighted by atomic mass is 79.9. The van der Waals surface area contributed by atoms with Crippen LogP contribution in [0.2, 0.25) is 0 Å². The number of hydrogen-bond acceptors (Lipinski definition) is 3. The monoisotopic (exact) mass is 369 g/mol. The minimum absolute atomic E-state index is 0.764. The SMILES string of the molecule is Cc1nc(Br)cc(N(C)Cc2cccc(Br)c2)n1. The highest BCUT2D eigenvalue weighted by molar-refractivity contribution is 9.10. The van der Waals surface area contributed by atoms with Crippen molar-refractivity contribution in [2.45, 2.75) is 13.5 Å². The number of benzene rings is 1. The molecule has 0 bridgehead atoms.